The van der Waals surface area contributed by atoms with Crippen LogP contribution in [-0.2, 0) is 0 Å². The maximum atomic E-state index is 2.82. The molecule has 1 unspecified atom stereocenters. The van der Waals surface area contributed by atoms with Gasteiger partial charge in [0.2, 0.25) is 0 Å². The first kappa shape index (κ1) is 8.28. The SMILES string of the molecule is C1C[C@@H]2CCCN3CCC[C@H](C1)C23. The molecule has 1 heteroatoms. The number of hydrogen-bond acceptors (Lipinski definition) is 1. The average molecular weight is 179 g/mol. The quantitative estimate of drug-likeness (QED) is 0.552. The Bertz CT molecular complexity index is 144. The molecule has 3 rings (SSSR count). The molecule has 1 aliphatic carbocycles. The minimum atomic E-state index is 1.02. The molecule has 0 spiro atoms. The zero-order valence-corrected chi connectivity index (χ0v) is 8.54. The van der Waals surface area contributed by atoms with E-state index in [1.807, 2.05) is 0 Å². The van der Waals surface area contributed by atoms with Gasteiger partial charge >= 0.3 is 0 Å². The van der Waals surface area contributed by atoms with Crippen LogP contribution >= 0.6 is 0 Å². The molecule has 3 fully saturated rings. The molecule has 0 radical (unpaired) electrons. The van der Waals surface area contributed by atoms with Crippen molar-refractivity contribution in [3.63, 3.8) is 0 Å². The van der Waals surface area contributed by atoms with Gasteiger partial charge in [0, 0.05) is 6.04 Å². The largest absolute Gasteiger partial charge is 0.300 e. The van der Waals surface area contributed by atoms with Crippen molar-refractivity contribution < 1.29 is 0 Å². The number of rotatable bonds is 0. The zero-order valence-electron chi connectivity index (χ0n) is 8.54. The van der Waals surface area contributed by atoms with Crippen molar-refractivity contribution in [2.75, 3.05) is 13.1 Å². The third-order valence-electron chi connectivity index (χ3n) is 4.58. The summed E-state index contributed by atoms with van der Waals surface area (Å²) in [6.45, 7) is 2.83. The van der Waals surface area contributed by atoms with Crippen LogP contribution in [0.1, 0.15) is 44.9 Å². The Morgan fingerprint density at radius 3 is 1.85 bits per heavy atom. The van der Waals surface area contributed by atoms with Crippen LogP contribution in [0.3, 0.4) is 0 Å². The van der Waals surface area contributed by atoms with Crippen LogP contribution in [0.25, 0.3) is 0 Å². The van der Waals surface area contributed by atoms with Gasteiger partial charge in [-0.05, 0) is 63.5 Å². The molecule has 2 heterocycles. The molecule has 0 aromatic carbocycles. The van der Waals surface area contributed by atoms with Crippen LogP contribution in [0.15, 0.2) is 0 Å². The van der Waals surface area contributed by atoms with Crippen LogP contribution in [0.4, 0.5) is 0 Å². The Morgan fingerprint density at radius 1 is 0.692 bits per heavy atom. The van der Waals surface area contributed by atoms with Gasteiger partial charge in [-0.25, -0.2) is 0 Å². The average Bonchev–Trinajstić information content (AvgIpc) is 2.19. The maximum absolute atomic E-state index is 2.82. The lowest BCUT2D eigenvalue weighted by Crippen LogP contribution is -2.54. The lowest BCUT2D eigenvalue weighted by atomic mass is 9.69. The molecule has 3 aliphatic rings. The Morgan fingerprint density at radius 2 is 1.23 bits per heavy atom. The Balaban J connectivity index is 1.82. The fraction of sp³-hybridized carbons (Fsp3) is 1.00. The number of piperidine rings is 2. The van der Waals surface area contributed by atoms with Gasteiger partial charge in [-0.3, -0.25) is 4.90 Å². The van der Waals surface area contributed by atoms with E-state index in [1.165, 1.54) is 58.0 Å². The molecule has 3 atom stereocenters. The summed E-state index contributed by atoms with van der Waals surface area (Å²) in [5.41, 5.74) is 0. The first-order chi connectivity index (χ1) is 6.45. The van der Waals surface area contributed by atoms with Crippen molar-refractivity contribution in [2.24, 2.45) is 11.8 Å². The van der Waals surface area contributed by atoms with E-state index >= 15 is 0 Å². The molecule has 0 aromatic heterocycles. The third kappa shape index (κ3) is 1.32. The summed E-state index contributed by atoms with van der Waals surface area (Å²) < 4.78 is 0. The molecule has 0 N–H and O–H groups in total. The normalized spacial score (nSPS) is 45.7. The summed E-state index contributed by atoms with van der Waals surface area (Å²) >= 11 is 0. The zero-order chi connectivity index (χ0) is 8.67. The number of nitrogens with zero attached hydrogens (tertiary/aromatic N) is 1. The van der Waals surface area contributed by atoms with Gasteiger partial charge in [-0.15, -0.1) is 0 Å². The fourth-order valence-electron chi connectivity index (χ4n) is 4.12. The summed E-state index contributed by atoms with van der Waals surface area (Å²) in [6, 6.07) is 1.02. The summed E-state index contributed by atoms with van der Waals surface area (Å²) in [5.74, 6) is 2.18. The van der Waals surface area contributed by atoms with Gasteiger partial charge in [0.25, 0.3) is 0 Å². The third-order valence-corrected chi connectivity index (χ3v) is 4.58. The molecule has 2 aliphatic heterocycles. The lowest BCUT2D eigenvalue weighted by Gasteiger charge is -2.51. The van der Waals surface area contributed by atoms with Crippen molar-refractivity contribution in [3.8, 4) is 0 Å². The summed E-state index contributed by atoms with van der Waals surface area (Å²) in [4.78, 5) is 2.82. The second-order valence-corrected chi connectivity index (χ2v) is 5.26. The molecule has 2 saturated heterocycles. The highest BCUT2D eigenvalue weighted by Crippen LogP contribution is 2.42. The fourth-order valence-corrected chi connectivity index (χ4v) is 4.12. The monoisotopic (exact) mass is 179 g/mol. The molecule has 1 nitrogen and oxygen atoms in total. The van der Waals surface area contributed by atoms with Gasteiger partial charge in [-0.1, -0.05) is 6.42 Å². The van der Waals surface area contributed by atoms with Crippen LogP contribution in [0.5, 0.6) is 0 Å². The molecule has 0 bridgehead atoms. The van der Waals surface area contributed by atoms with Crippen LogP contribution in [0.2, 0.25) is 0 Å². The maximum Gasteiger partial charge on any atom is 0.0152 e. The van der Waals surface area contributed by atoms with E-state index in [-0.39, 0.29) is 0 Å². The predicted molar refractivity (Wildman–Crippen MR) is 54.7 cm³/mol. The minimum Gasteiger partial charge on any atom is -0.300 e. The molecule has 0 amide bonds. The number of hydrogen-bond donors (Lipinski definition) is 0. The highest BCUT2D eigenvalue weighted by Gasteiger charge is 2.40. The minimum absolute atomic E-state index is 1.02. The molecular formula is C12H21N. The van der Waals surface area contributed by atoms with Crippen LogP contribution < -0.4 is 0 Å². The van der Waals surface area contributed by atoms with E-state index in [9.17, 15) is 0 Å². The van der Waals surface area contributed by atoms with Gasteiger partial charge in [-0.2, -0.15) is 0 Å². The second-order valence-electron chi connectivity index (χ2n) is 5.26. The van der Waals surface area contributed by atoms with E-state index in [0.717, 1.165) is 17.9 Å². The van der Waals surface area contributed by atoms with Gasteiger partial charge in [0.1, 0.15) is 0 Å². The highest BCUT2D eigenvalue weighted by atomic mass is 15.2. The van der Waals surface area contributed by atoms with Gasteiger partial charge in [0.15, 0.2) is 0 Å². The van der Waals surface area contributed by atoms with Crippen molar-refractivity contribution >= 4 is 0 Å². The summed E-state index contributed by atoms with van der Waals surface area (Å²) in [6.07, 6.45) is 10.6. The van der Waals surface area contributed by atoms with Crippen LogP contribution in [-0.4, -0.2) is 24.0 Å². The molecule has 13 heavy (non-hydrogen) atoms. The van der Waals surface area contributed by atoms with E-state index in [2.05, 4.69) is 4.90 Å². The molecule has 0 aromatic rings. The smallest absolute Gasteiger partial charge is 0.0152 e. The van der Waals surface area contributed by atoms with E-state index in [4.69, 9.17) is 0 Å². The second kappa shape index (κ2) is 3.27. The van der Waals surface area contributed by atoms with E-state index in [1.54, 1.807) is 0 Å². The lowest BCUT2D eigenvalue weighted by molar-refractivity contribution is -0.0111. The topological polar surface area (TPSA) is 3.24 Å². The molecule has 1 saturated carbocycles. The first-order valence-electron chi connectivity index (χ1n) is 6.19. The Kier molecular flexibility index (Phi) is 2.08. The molecule has 74 valence electrons. The van der Waals surface area contributed by atoms with Crippen molar-refractivity contribution in [3.05, 3.63) is 0 Å². The first-order valence-corrected chi connectivity index (χ1v) is 6.19. The van der Waals surface area contributed by atoms with E-state index < -0.39 is 0 Å². The molecular weight excluding hydrogens is 158 g/mol. The van der Waals surface area contributed by atoms with Crippen LogP contribution in [0, 0.1) is 11.8 Å². The Labute approximate surface area is 81.5 Å². The summed E-state index contributed by atoms with van der Waals surface area (Å²) in [5, 5.41) is 0. The predicted octanol–water partition coefficient (Wildman–Crippen LogP) is 2.66. The van der Waals surface area contributed by atoms with Gasteiger partial charge in [0.05, 0.1) is 0 Å². The van der Waals surface area contributed by atoms with Gasteiger partial charge < -0.3 is 0 Å². The Hall–Kier alpha value is -0.0400. The summed E-state index contributed by atoms with van der Waals surface area (Å²) in [7, 11) is 0. The highest BCUT2D eigenvalue weighted by molar-refractivity contribution is 4.94. The van der Waals surface area contributed by atoms with E-state index in [0.29, 0.717) is 0 Å². The van der Waals surface area contributed by atoms with Crippen molar-refractivity contribution in [1.29, 1.82) is 0 Å². The van der Waals surface area contributed by atoms with Crippen molar-refractivity contribution in [1.82, 2.24) is 4.90 Å². The van der Waals surface area contributed by atoms with Crippen molar-refractivity contribution in [2.45, 2.75) is 51.0 Å². The standard InChI is InChI=1S/C12H21N/c1-4-10-6-2-8-13-9-3-7-11(5-1)12(10)13/h10-12H,1-9H2/t10-,11+,12?.